The highest BCUT2D eigenvalue weighted by Gasteiger charge is 2.25. The monoisotopic (exact) mass is 403 g/mol. The normalized spacial score (nSPS) is 19.0. The fourth-order valence-corrected chi connectivity index (χ4v) is 4.20. The number of carbonyl (C=O) groups excluding carboxylic acids is 1. The highest BCUT2D eigenvalue weighted by molar-refractivity contribution is 7.99. The number of fused-ring (bicyclic) bond motifs is 1. The molecule has 0 aliphatic carbocycles. The van der Waals surface area contributed by atoms with Crippen molar-refractivity contribution in [3.8, 4) is 5.75 Å². The van der Waals surface area contributed by atoms with Gasteiger partial charge in [-0.1, -0.05) is 30.3 Å². The number of morpholine rings is 1. The summed E-state index contributed by atoms with van der Waals surface area (Å²) in [6, 6.07) is 12.6. The van der Waals surface area contributed by atoms with Gasteiger partial charge >= 0.3 is 0 Å². The van der Waals surface area contributed by atoms with Crippen molar-refractivity contribution in [3.63, 3.8) is 0 Å². The van der Waals surface area contributed by atoms with E-state index in [1.807, 2.05) is 35.2 Å². The van der Waals surface area contributed by atoms with Crippen LogP contribution >= 0.6 is 11.8 Å². The Balaban J connectivity index is 1.43. The first kappa shape index (κ1) is 19.2. The highest BCUT2D eigenvalue weighted by Crippen LogP contribution is 2.37. The number of thioether (sulfide) groups is 1. The third-order valence-electron chi connectivity index (χ3n) is 4.74. The van der Waals surface area contributed by atoms with E-state index in [-0.39, 0.29) is 18.3 Å². The number of nitrogens with zero attached hydrogens (tertiary/aromatic N) is 1. The third-order valence-corrected chi connectivity index (χ3v) is 5.71. The van der Waals surface area contributed by atoms with Crippen molar-refractivity contribution in [1.82, 2.24) is 4.90 Å². The van der Waals surface area contributed by atoms with Gasteiger partial charge in [0.1, 0.15) is 11.6 Å². The molecule has 1 saturated heterocycles. The molecule has 0 unspecified atom stereocenters. The maximum atomic E-state index is 14.0. The van der Waals surface area contributed by atoms with Crippen LogP contribution in [0.1, 0.15) is 23.0 Å². The second-order valence-corrected chi connectivity index (χ2v) is 7.70. The second kappa shape index (κ2) is 8.94. The fourth-order valence-electron chi connectivity index (χ4n) is 3.31. The van der Waals surface area contributed by atoms with Gasteiger partial charge in [-0.3, -0.25) is 4.79 Å². The van der Waals surface area contributed by atoms with Crippen LogP contribution in [0.5, 0.6) is 5.75 Å². The van der Waals surface area contributed by atoms with Gasteiger partial charge in [0.2, 0.25) is 12.2 Å². The minimum Gasteiger partial charge on any atom is -0.460 e. The van der Waals surface area contributed by atoms with E-state index in [0.29, 0.717) is 49.1 Å². The Morgan fingerprint density at radius 2 is 1.96 bits per heavy atom. The predicted molar refractivity (Wildman–Crippen MR) is 105 cm³/mol. The molecule has 28 heavy (non-hydrogen) atoms. The van der Waals surface area contributed by atoms with Crippen molar-refractivity contribution >= 4 is 17.7 Å². The molecule has 0 N–H and O–H groups in total. The quantitative estimate of drug-likeness (QED) is 0.765. The van der Waals surface area contributed by atoms with E-state index in [1.165, 1.54) is 23.9 Å². The summed E-state index contributed by atoms with van der Waals surface area (Å²) in [6.45, 7) is 2.73. The van der Waals surface area contributed by atoms with Gasteiger partial charge in [-0.25, -0.2) is 4.39 Å². The van der Waals surface area contributed by atoms with E-state index in [4.69, 9.17) is 14.2 Å². The van der Waals surface area contributed by atoms with Crippen molar-refractivity contribution in [2.24, 2.45) is 0 Å². The van der Waals surface area contributed by atoms with Crippen molar-refractivity contribution in [2.75, 3.05) is 32.1 Å². The SMILES string of the molecule is O=C(CSCc1cc(F)cc2c1O[C@H](c1ccccc1)OC2)N1CCOCC1. The number of rotatable bonds is 5. The van der Waals surface area contributed by atoms with E-state index in [0.717, 1.165) is 11.1 Å². The number of carbonyl (C=O) groups is 1. The third kappa shape index (κ3) is 4.48. The Hall–Kier alpha value is -2.09. The first-order valence-electron chi connectivity index (χ1n) is 9.28. The van der Waals surface area contributed by atoms with Crippen LogP contribution in [0.15, 0.2) is 42.5 Å². The van der Waals surface area contributed by atoms with E-state index in [9.17, 15) is 9.18 Å². The van der Waals surface area contributed by atoms with Crippen LogP contribution in [0.4, 0.5) is 4.39 Å². The summed E-state index contributed by atoms with van der Waals surface area (Å²) in [7, 11) is 0. The maximum absolute atomic E-state index is 14.0. The molecule has 0 saturated carbocycles. The van der Waals surface area contributed by atoms with Gasteiger partial charge in [-0.05, 0) is 12.1 Å². The van der Waals surface area contributed by atoms with Crippen molar-refractivity contribution in [2.45, 2.75) is 18.6 Å². The molecule has 1 amide bonds. The smallest absolute Gasteiger partial charge is 0.232 e. The number of halogens is 1. The van der Waals surface area contributed by atoms with Crippen LogP contribution in [-0.2, 0) is 26.6 Å². The molecule has 0 spiro atoms. The summed E-state index contributed by atoms with van der Waals surface area (Å²) in [4.78, 5) is 14.1. The molecule has 7 heteroatoms. The molecule has 2 aliphatic rings. The van der Waals surface area contributed by atoms with Gasteiger partial charge in [-0.2, -0.15) is 0 Å². The second-order valence-electron chi connectivity index (χ2n) is 6.71. The van der Waals surface area contributed by atoms with E-state index in [2.05, 4.69) is 0 Å². The number of benzene rings is 2. The molecule has 1 atom stereocenters. The fraction of sp³-hybridized carbons (Fsp3) is 0.381. The molecule has 0 radical (unpaired) electrons. The van der Waals surface area contributed by atoms with Crippen LogP contribution in [0, 0.1) is 5.82 Å². The summed E-state index contributed by atoms with van der Waals surface area (Å²) in [5.41, 5.74) is 2.36. The van der Waals surface area contributed by atoms with Crippen molar-refractivity contribution in [3.05, 3.63) is 65.0 Å². The lowest BCUT2D eigenvalue weighted by Crippen LogP contribution is -2.41. The number of hydrogen-bond donors (Lipinski definition) is 0. The standard InChI is InChI=1S/C21H22FNO4S/c22-18-10-16-12-26-21(15-4-2-1-3-5-15)27-20(16)17(11-18)13-28-14-19(24)23-6-8-25-9-7-23/h1-5,10-11,21H,6-9,12-14H2/t21-/m1/s1. The van der Waals surface area contributed by atoms with Crippen LogP contribution < -0.4 is 4.74 Å². The Bertz CT molecular complexity index is 827. The zero-order valence-electron chi connectivity index (χ0n) is 15.4. The molecular formula is C21H22FNO4S. The molecule has 0 bridgehead atoms. The lowest BCUT2D eigenvalue weighted by Gasteiger charge is -2.29. The zero-order valence-corrected chi connectivity index (χ0v) is 16.3. The van der Waals surface area contributed by atoms with Crippen LogP contribution in [0.3, 0.4) is 0 Å². The van der Waals surface area contributed by atoms with Crippen molar-refractivity contribution in [1.29, 1.82) is 0 Å². The predicted octanol–water partition coefficient (Wildman–Crippen LogP) is 3.53. The lowest BCUT2D eigenvalue weighted by molar-refractivity contribution is -0.132. The number of ether oxygens (including phenoxy) is 3. The summed E-state index contributed by atoms with van der Waals surface area (Å²) < 4.78 is 31.1. The topological polar surface area (TPSA) is 48.0 Å². The molecule has 5 nitrogen and oxygen atoms in total. The minimum absolute atomic E-state index is 0.0879. The Labute approximate surface area is 167 Å². The number of amides is 1. The Morgan fingerprint density at radius 3 is 2.75 bits per heavy atom. The molecular weight excluding hydrogens is 381 g/mol. The average molecular weight is 403 g/mol. The van der Waals surface area contributed by atoms with Crippen molar-refractivity contribution < 1.29 is 23.4 Å². The van der Waals surface area contributed by atoms with Crippen LogP contribution in [-0.4, -0.2) is 42.9 Å². The van der Waals surface area contributed by atoms with Gasteiger partial charge in [0, 0.05) is 35.5 Å². The Morgan fingerprint density at radius 1 is 1.18 bits per heavy atom. The molecule has 148 valence electrons. The summed E-state index contributed by atoms with van der Waals surface area (Å²) in [6.07, 6.45) is -0.516. The molecule has 2 heterocycles. The minimum atomic E-state index is -0.516. The summed E-state index contributed by atoms with van der Waals surface area (Å²) in [5.74, 6) is 1.28. The van der Waals surface area contributed by atoms with Gasteiger partial charge in [0.15, 0.2) is 0 Å². The summed E-state index contributed by atoms with van der Waals surface area (Å²) in [5, 5.41) is 0. The molecule has 1 fully saturated rings. The first-order chi connectivity index (χ1) is 13.7. The van der Waals surface area contributed by atoms with E-state index < -0.39 is 6.29 Å². The molecule has 2 aromatic rings. The lowest BCUT2D eigenvalue weighted by atomic mass is 10.1. The largest absolute Gasteiger partial charge is 0.460 e. The molecule has 0 aromatic heterocycles. The van der Waals surface area contributed by atoms with E-state index in [1.54, 1.807) is 0 Å². The van der Waals surface area contributed by atoms with Crippen LogP contribution in [0.25, 0.3) is 0 Å². The molecule has 2 aliphatic heterocycles. The van der Waals surface area contributed by atoms with Gasteiger partial charge < -0.3 is 19.1 Å². The highest BCUT2D eigenvalue weighted by atomic mass is 32.2. The number of hydrogen-bond acceptors (Lipinski definition) is 5. The first-order valence-corrected chi connectivity index (χ1v) is 10.4. The van der Waals surface area contributed by atoms with Gasteiger partial charge in [0.05, 0.1) is 25.6 Å². The molecule has 2 aromatic carbocycles. The van der Waals surface area contributed by atoms with Gasteiger partial charge in [-0.15, -0.1) is 11.8 Å². The average Bonchev–Trinajstić information content (AvgIpc) is 2.74. The Kier molecular flexibility index (Phi) is 6.14. The van der Waals surface area contributed by atoms with Gasteiger partial charge in [0.25, 0.3) is 0 Å². The van der Waals surface area contributed by atoms with E-state index >= 15 is 0 Å². The summed E-state index contributed by atoms with van der Waals surface area (Å²) >= 11 is 1.47. The molecule has 4 rings (SSSR count). The van der Waals surface area contributed by atoms with Crippen LogP contribution in [0.2, 0.25) is 0 Å². The zero-order chi connectivity index (χ0) is 19.3. The maximum Gasteiger partial charge on any atom is 0.232 e.